The van der Waals surface area contributed by atoms with Gasteiger partial charge in [-0.05, 0) is 31.5 Å². The summed E-state index contributed by atoms with van der Waals surface area (Å²) in [6, 6.07) is 10.4. The van der Waals surface area contributed by atoms with Gasteiger partial charge in [0, 0.05) is 18.7 Å². The molecular formula is C19H20F2N2O2. The maximum Gasteiger partial charge on any atom is 0.258 e. The highest BCUT2D eigenvalue weighted by atomic mass is 19.1. The van der Waals surface area contributed by atoms with Crippen LogP contribution in [0.15, 0.2) is 42.5 Å². The van der Waals surface area contributed by atoms with E-state index in [1.807, 2.05) is 30.3 Å². The Morgan fingerprint density at radius 1 is 1.16 bits per heavy atom. The molecule has 2 aromatic rings. The van der Waals surface area contributed by atoms with E-state index in [1.54, 1.807) is 0 Å². The molecule has 1 atom stereocenters. The Bertz CT molecular complexity index is 723. The first-order valence-corrected chi connectivity index (χ1v) is 8.31. The average molecular weight is 346 g/mol. The van der Waals surface area contributed by atoms with Crippen molar-refractivity contribution >= 4 is 5.91 Å². The monoisotopic (exact) mass is 346 g/mol. The first-order valence-electron chi connectivity index (χ1n) is 8.31. The number of hydrogen-bond acceptors (Lipinski definition) is 3. The Morgan fingerprint density at radius 3 is 2.48 bits per heavy atom. The number of carbonyl (C=O) groups is 1. The predicted octanol–water partition coefficient (Wildman–Crippen LogP) is 3.24. The number of aromatic hydroxyl groups is 1. The minimum absolute atomic E-state index is 0.351. The van der Waals surface area contributed by atoms with Gasteiger partial charge in [-0.3, -0.25) is 4.79 Å². The number of phenolic OH excluding ortho intramolecular Hbond substituents is 1. The predicted molar refractivity (Wildman–Crippen MR) is 90.3 cm³/mol. The summed E-state index contributed by atoms with van der Waals surface area (Å²) in [6.45, 7) is 2.50. The number of nitrogens with zero attached hydrogens (tertiary/aromatic N) is 1. The lowest BCUT2D eigenvalue weighted by molar-refractivity contribution is 0.0920. The van der Waals surface area contributed by atoms with E-state index in [-0.39, 0.29) is 6.04 Å². The first-order chi connectivity index (χ1) is 12.0. The smallest absolute Gasteiger partial charge is 0.258 e. The fourth-order valence-corrected chi connectivity index (χ4v) is 3.16. The minimum Gasteiger partial charge on any atom is -0.507 e. The summed E-state index contributed by atoms with van der Waals surface area (Å²) >= 11 is 0. The summed E-state index contributed by atoms with van der Waals surface area (Å²) in [4.78, 5) is 14.7. The van der Waals surface area contributed by atoms with Crippen LogP contribution >= 0.6 is 0 Å². The van der Waals surface area contributed by atoms with Gasteiger partial charge in [0.1, 0.15) is 22.9 Å². The second kappa shape index (κ2) is 7.61. The molecule has 25 heavy (non-hydrogen) atoms. The summed E-state index contributed by atoms with van der Waals surface area (Å²) < 4.78 is 27.1. The Morgan fingerprint density at radius 2 is 1.84 bits per heavy atom. The molecule has 1 saturated heterocycles. The van der Waals surface area contributed by atoms with Gasteiger partial charge in [0.15, 0.2) is 0 Å². The van der Waals surface area contributed by atoms with Crippen LogP contribution in [0.2, 0.25) is 0 Å². The molecule has 0 bridgehead atoms. The number of amides is 1. The number of rotatable bonds is 5. The molecule has 0 unspecified atom stereocenters. The van der Waals surface area contributed by atoms with E-state index in [4.69, 9.17) is 0 Å². The van der Waals surface area contributed by atoms with E-state index in [9.17, 15) is 18.7 Å². The molecule has 3 rings (SSSR count). The van der Waals surface area contributed by atoms with E-state index in [2.05, 4.69) is 10.2 Å². The highest BCUT2D eigenvalue weighted by Crippen LogP contribution is 2.24. The lowest BCUT2D eigenvalue weighted by atomic mass is 10.1. The molecule has 1 amide bonds. The van der Waals surface area contributed by atoms with E-state index >= 15 is 0 Å². The first kappa shape index (κ1) is 17.4. The quantitative estimate of drug-likeness (QED) is 0.874. The highest BCUT2D eigenvalue weighted by molar-refractivity contribution is 5.97. The van der Waals surface area contributed by atoms with Crippen molar-refractivity contribution in [2.45, 2.75) is 18.9 Å². The van der Waals surface area contributed by atoms with Crippen molar-refractivity contribution in [3.05, 3.63) is 65.2 Å². The summed E-state index contributed by atoms with van der Waals surface area (Å²) in [5.74, 6) is -3.47. The van der Waals surface area contributed by atoms with Crippen LogP contribution in [0.25, 0.3) is 0 Å². The van der Waals surface area contributed by atoms with Gasteiger partial charge in [-0.25, -0.2) is 8.78 Å². The van der Waals surface area contributed by atoms with Crippen molar-refractivity contribution in [3.8, 4) is 5.75 Å². The lowest BCUT2D eigenvalue weighted by Gasteiger charge is -2.25. The Kier molecular flexibility index (Phi) is 5.28. The number of benzene rings is 2. The molecule has 0 spiro atoms. The molecule has 1 aliphatic rings. The lowest BCUT2D eigenvalue weighted by Crippen LogP contribution is -2.37. The number of nitrogens with one attached hydrogen (secondary N) is 1. The SMILES string of the molecule is O=C(N[C@H](CN1CCCC1)c1ccccc1)c1c(O)cc(F)cc1F. The van der Waals surface area contributed by atoms with Gasteiger partial charge in [-0.1, -0.05) is 30.3 Å². The third-order valence-corrected chi connectivity index (χ3v) is 4.41. The van der Waals surface area contributed by atoms with Gasteiger partial charge >= 0.3 is 0 Å². The second-order valence-electron chi connectivity index (χ2n) is 6.23. The molecule has 1 aliphatic heterocycles. The maximum atomic E-state index is 13.9. The van der Waals surface area contributed by atoms with Gasteiger partial charge in [0.25, 0.3) is 5.91 Å². The zero-order valence-corrected chi connectivity index (χ0v) is 13.7. The van der Waals surface area contributed by atoms with Crippen molar-refractivity contribution in [2.24, 2.45) is 0 Å². The number of phenols is 1. The number of carbonyl (C=O) groups excluding carboxylic acids is 1. The molecule has 0 aliphatic carbocycles. The average Bonchev–Trinajstić information content (AvgIpc) is 3.07. The highest BCUT2D eigenvalue weighted by Gasteiger charge is 2.24. The number of hydrogen-bond donors (Lipinski definition) is 2. The van der Waals surface area contributed by atoms with Crippen molar-refractivity contribution in [1.82, 2.24) is 10.2 Å². The van der Waals surface area contributed by atoms with E-state index in [1.165, 1.54) is 0 Å². The maximum absolute atomic E-state index is 13.9. The largest absolute Gasteiger partial charge is 0.507 e. The molecule has 1 heterocycles. The van der Waals surface area contributed by atoms with E-state index in [0.717, 1.165) is 37.6 Å². The minimum atomic E-state index is -1.08. The zero-order valence-electron chi connectivity index (χ0n) is 13.7. The molecular weight excluding hydrogens is 326 g/mol. The standard InChI is InChI=1S/C19H20F2N2O2/c20-14-10-15(21)18(17(24)11-14)19(25)22-16(12-23-8-4-5-9-23)13-6-2-1-3-7-13/h1-3,6-7,10-11,16,24H,4-5,8-9,12H2,(H,22,25)/t16-/m1/s1. The van der Waals surface area contributed by atoms with E-state index in [0.29, 0.717) is 12.6 Å². The topological polar surface area (TPSA) is 52.6 Å². The Hall–Kier alpha value is -2.47. The number of halogens is 2. The molecule has 0 saturated carbocycles. The molecule has 0 radical (unpaired) electrons. The molecule has 132 valence electrons. The molecule has 4 nitrogen and oxygen atoms in total. The van der Waals surface area contributed by atoms with Crippen molar-refractivity contribution in [1.29, 1.82) is 0 Å². The molecule has 0 aromatic heterocycles. The summed E-state index contributed by atoms with van der Waals surface area (Å²) in [6.07, 6.45) is 2.23. The van der Waals surface area contributed by atoms with Crippen molar-refractivity contribution in [2.75, 3.05) is 19.6 Å². The molecule has 2 aromatic carbocycles. The van der Waals surface area contributed by atoms with Gasteiger partial charge in [0.05, 0.1) is 6.04 Å². The third kappa shape index (κ3) is 4.14. The summed E-state index contributed by atoms with van der Waals surface area (Å²) in [5, 5.41) is 12.5. The van der Waals surface area contributed by atoms with Crippen LogP contribution in [0.4, 0.5) is 8.78 Å². The second-order valence-corrected chi connectivity index (χ2v) is 6.23. The van der Waals surface area contributed by atoms with Crippen LogP contribution in [-0.4, -0.2) is 35.5 Å². The van der Waals surface area contributed by atoms with Crippen LogP contribution < -0.4 is 5.32 Å². The fourth-order valence-electron chi connectivity index (χ4n) is 3.16. The molecule has 6 heteroatoms. The molecule has 1 fully saturated rings. The molecule has 2 N–H and O–H groups in total. The van der Waals surface area contributed by atoms with Crippen LogP contribution in [0, 0.1) is 11.6 Å². The van der Waals surface area contributed by atoms with Crippen molar-refractivity contribution < 1.29 is 18.7 Å². The van der Waals surface area contributed by atoms with Gasteiger partial charge < -0.3 is 15.3 Å². The zero-order chi connectivity index (χ0) is 17.8. The third-order valence-electron chi connectivity index (χ3n) is 4.41. The van der Waals surface area contributed by atoms with Crippen LogP contribution in [-0.2, 0) is 0 Å². The summed E-state index contributed by atoms with van der Waals surface area (Å²) in [7, 11) is 0. The van der Waals surface area contributed by atoms with E-state index < -0.39 is 28.9 Å². The summed E-state index contributed by atoms with van der Waals surface area (Å²) in [5.41, 5.74) is 0.355. The van der Waals surface area contributed by atoms with Crippen LogP contribution in [0.5, 0.6) is 5.75 Å². The van der Waals surface area contributed by atoms with Crippen LogP contribution in [0.1, 0.15) is 34.8 Å². The fraction of sp³-hybridized carbons (Fsp3) is 0.316. The number of likely N-dealkylation sites (tertiary alicyclic amines) is 1. The Labute approximate surface area is 145 Å². The Balaban J connectivity index is 1.83. The normalized spacial score (nSPS) is 15.9. The van der Waals surface area contributed by atoms with Gasteiger partial charge in [-0.2, -0.15) is 0 Å². The van der Waals surface area contributed by atoms with Gasteiger partial charge in [-0.15, -0.1) is 0 Å². The van der Waals surface area contributed by atoms with Crippen molar-refractivity contribution in [3.63, 3.8) is 0 Å². The van der Waals surface area contributed by atoms with Crippen LogP contribution in [0.3, 0.4) is 0 Å². The van der Waals surface area contributed by atoms with Gasteiger partial charge in [0.2, 0.25) is 0 Å².